The molecule has 0 fully saturated rings. The Kier molecular flexibility index (Phi) is 4.94. The lowest BCUT2D eigenvalue weighted by atomic mass is 10.2. The van der Waals surface area contributed by atoms with Crippen LogP contribution < -0.4 is 4.72 Å². The van der Waals surface area contributed by atoms with Crippen LogP contribution >= 0.6 is 0 Å². The lowest BCUT2D eigenvalue weighted by molar-refractivity contribution is 0.196. The number of hydrogen-bond donors (Lipinski definition) is 2. The fraction of sp³-hybridized carbons (Fsp3) is 0.235. The highest BCUT2D eigenvalue weighted by Crippen LogP contribution is 2.22. The normalized spacial score (nSPS) is 11.9. The van der Waals surface area contributed by atoms with Crippen LogP contribution in [0.5, 0.6) is 0 Å². The largest absolute Gasteiger partial charge is 0.385 e. The zero-order valence-corrected chi connectivity index (χ0v) is 14.1. The van der Waals surface area contributed by atoms with Gasteiger partial charge in [-0.1, -0.05) is 30.3 Å². The van der Waals surface area contributed by atoms with Crippen LogP contribution in [0, 0.1) is 0 Å². The summed E-state index contributed by atoms with van der Waals surface area (Å²) < 4.78 is 32.1. The third kappa shape index (κ3) is 3.64. The quantitative estimate of drug-likeness (QED) is 0.645. The molecule has 1 heterocycles. The van der Waals surface area contributed by atoms with Crippen LogP contribution in [0.15, 0.2) is 53.4 Å². The number of nitrogens with one attached hydrogen (secondary N) is 2. The first-order valence-electron chi connectivity index (χ1n) is 7.64. The Hall–Kier alpha value is -2.22. The van der Waals surface area contributed by atoms with Crippen LogP contribution in [0.4, 0.5) is 0 Å². The van der Waals surface area contributed by atoms with Gasteiger partial charge in [0.2, 0.25) is 10.0 Å². The molecule has 1 aromatic heterocycles. The number of rotatable bonds is 7. The molecule has 0 bridgehead atoms. The molecule has 0 amide bonds. The molecule has 2 aromatic carbocycles. The van der Waals surface area contributed by atoms with Gasteiger partial charge in [-0.15, -0.1) is 0 Å². The molecular weight excluding hydrogens is 326 g/mol. The number of aromatic nitrogens is 2. The third-order valence-electron chi connectivity index (χ3n) is 3.63. The summed E-state index contributed by atoms with van der Waals surface area (Å²) in [7, 11) is -1.95. The Morgan fingerprint density at radius 1 is 1.17 bits per heavy atom. The van der Waals surface area contributed by atoms with E-state index in [0.29, 0.717) is 30.9 Å². The number of sulfonamides is 1. The number of H-pyrrole nitrogens is 1. The van der Waals surface area contributed by atoms with Gasteiger partial charge in [-0.25, -0.2) is 18.1 Å². The van der Waals surface area contributed by atoms with Crippen molar-refractivity contribution in [1.82, 2.24) is 14.7 Å². The third-order valence-corrected chi connectivity index (χ3v) is 5.09. The van der Waals surface area contributed by atoms with Crippen LogP contribution in [-0.2, 0) is 14.8 Å². The first kappa shape index (κ1) is 16.6. The summed E-state index contributed by atoms with van der Waals surface area (Å²) >= 11 is 0. The molecule has 0 atom stereocenters. The van der Waals surface area contributed by atoms with Gasteiger partial charge in [-0.3, -0.25) is 0 Å². The summed E-state index contributed by atoms with van der Waals surface area (Å²) in [5, 5.41) is 0. The van der Waals surface area contributed by atoms with Crippen LogP contribution in [0.2, 0.25) is 0 Å². The zero-order chi connectivity index (χ0) is 17.0. The van der Waals surface area contributed by atoms with Gasteiger partial charge >= 0.3 is 0 Å². The molecule has 0 aliphatic heterocycles. The molecule has 3 rings (SSSR count). The molecule has 0 radical (unpaired) electrons. The van der Waals surface area contributed by atoms with Gasteiger partial charge in [0, 0.05) is 25.8 Å². The van der Waals surface area contributed by atoms with E-state index in [1.165, 1.54) is 0 Å². The van der Waals surface area contributed by atoms with Crippen molar-refractivity contribution in [2.75, 3.05) is 20.3 Å². The molecule has 7 heteroatoms. The van der Waals surface area contributed by atoms with Crippen LogP contribution in [0.3, 0.4) is 0 Å². The number of hydrogen-bond acceptors (Lipinski definition) is 4. The molecule has 0 saturated heterocycles. The van der Waals surface area contributed by atoms with E-state index in [1.807, 2.05) is 30.3 Å². The van der Waals surface area contributed by atoms with E-state index < -0.39 is 10.0 Å². The van der Waals surface area contributed by atoms with E-state index in [1.54, 1.807) is 25.3 Å². The van der Waals surface area contributed by atoms with Crippen LogP contribution in [-0.4, -0.2) is 38.6 Å². The first-order chi connectivity index (χ1) is 11.6. The van der Waals surface area contributed by atoms with Gasteiger partial charge in [0.05, 0.1) is 15.9 Å². The number of aromatic amines is 1. The fourth-order valence-corrected chi connectivity index (χ4v) is 3.49. The molecule has 2 N–H and O–H groups in total. The highest BCUT2D eigenvalue weighted by Gasteiger charge is 2.15. The molecule has 6 nitrogen and oxygen atoms in total. The SMILES string of the molecule is COCCCNS(=O)(=O)c1ccc2nc(-c3ccccc3)[nH]c2c1. The van der Waals surface area contributed by atoms with Crippen molar-refractivity contribution in [3.63, 3.8) is 0 Å². The first-order valence-corrected chi connectivity index (χ1v) is 9.12. The Labute approximate surface area is 140 Å². The lowest BCUT2D eigenvalue weighted by Crippen LogP contribution is -2.25. The molecule has 0 saturated carbocycles. The summed E-state index contributed by atoms with van der Waals surface area (Å²) in [5.41, 5.74) is 2.37. The second kappa shape index (κ2) is 7.12. The number of fused-ring (bicyclic) bond motifs is 1. The van der Waals surface area contributed by atoms with Crippen molar-refractivity contribution in [3.05, 3.63) is 48.5 Å². The molecule has 24 heavy (non-hydrogen) atoms. The lowest BCUT2D eigenvalue weighted by Gasteiger charge is -2.06. The minimum absolute atomic E-state index is 0.218. The minimum Gasteiger partial charge on any atom is -0.385 e. The van der Waals surface area contributed by atoms with E-state index in [0.717, 1.165) is 11.1 Å². The zero-order valence-electron chi connectivity index (χ0n) is 13.3. The van der Waals surface area contributed by atoms with Crippen molar-refractivity contribution < 1.29 is 13.2 Å². The van der Waals surface area contributed by atoms with E-state index in [-0.39, 0.29) is 4.90 Å². The predicted molar refractivity (Wildman–Crippen MR) is 93.2 cm³/mol. The minimum atomic E-state index is -3.54. The Morgan fingerprint density at radius 3 is 2.71 bits per heavy atom. The number of imidazole rings is 1. The molecule has 0 unspecified atom stereocenters. The maximum Gasteiger partial charge on any atom is 0.240 e. The highest BCUT2D eigenvalue weighted by molar-refractivity contribution is 7.89. The predicted octanol–water partition coefficient (Wildman–Crippen LogP) is 2.54. The van der Waals surface area contributed by atoms with Gasteiger partial charge < -0.3 is 9.72 Å². The maximum atomic E-state index is 12.3. The second-order valence-corrected chi connectivity index (χ2v) is 7.14. The summed E-state index contributed by atoms with van der Waals surface area (Å²) in [6.07, 6.45) is 0.625. The fourth-order valence-electron chi connectivity index (χ4n) is 2.40. The Balaban J connectivity index is 1.86. The molecule has 0 spiro atoms. The number of benzene rings is 2. The monoisotopic (exact) mass is 345 g/mol. The van der Waals surface area contributed by atoms with Crippen LogP contribution in [0.25, 0.3) is 22.4 Å². The second-order valence-electron chi connectivity index (χ2n) is 5.37. The van der Waals surface area contributed by atoms with Crippen LogP contribution in [0.1, 0.15) is 6.42 Å². The molecule has 0 aliphatic rings. The van der Waals surface area contributed by atoms with Gasteiger partial charge in [0.1, 0.15) is 5.82 Å². The summed E-state index contributed by atoms with van der Waals surface area (Å²) in [6.45, 7) is 0.856. The molecule has 3 aromatic rings. The summed E-state index contributed by atoms with van der Waals surface area (Å²) in [4.78, 5) is 7.90. The summed E-state index contributed by atoms with van der Waals surface area (Å²) in [6, 6.07) is 14.6. The molecular formula is C17H19N3O3S. The molecule has 126 valence electrons. The average molecular weight is 345 g/mol. The average Bonchev–Trinajstić information content (AvgIpc) is 3.03. The van der Waals surface area contributed by atoms with Crippen molar-refractivity contribution >= 4 is 21.1 Å². The number of methoxy groups -OCH3 is 1. The van der Waals surface area contributed by atoms with Gasteiger partial charge in [-0.2, -0.15) is 0 Å². The van der Waals surface area contributed by atoms with Gasteiger partial charge in [-0.05, 0) is 24.6 Å². The number of ether oxygens (including phenoxy) is 1. The maximum absolute atomic E-state index is 12.3. The Morgan fingerprint density at radius 2 is 1.96 bits per heavy atom. The van der Waals surface area contributed by atoms with Gasteiger partial charge in [0.25, 0.3) is 0 Å². The van der Waals surface area contributed by atoms with E-state index >= 15 is 0 Å². The van der Waals surface area contributed by atoms with Crippen molar-refractivity contribution in [3.8, 4) is 11.4 Å². The van der Waals surface area contributed by atoms with Crippen molar-refractivity contribution in [1.29, 1.82) is 0 Å². The van der Waals surface area contributed by atoms with Crippen molar-refractivity contribution in [2.24, 2.45) is 0 Å². The van der Waals surface area contributed by atoms with Gasteiger partial charge in [0.15, 0.2) is 0 Å². The standard InChI is InChI=1S/C17H19N3O3S/c1-23-11-5-10-18-24(21,22)14-8-9-15-16(12-14)20-17(19-15)13-6-3-2-4-7-13/h2-4,6-9,12,18H,5,10-11H2,1H3,(H,19,20). The van der Waals surface area contributed by atoms with Crippen molar-refractivity contribution in [2.45, 2.75) is 11.3 Å². The Bertz CT molecular complexity index is 921. The molecule has 0 aliphatic carbocycles. The summed E-state index contributed by atoms with van der Waals surface area (Å²) in [5.74, 6) is 0.716. The highest BCUT2D eigenvalue weighted by atomic mass is 32.2. The smallest absolute Gasteiger partial charge is 0.240 e. The van der Waals surface area contributed by atoms with E-state index in [9.17, 15) is 8.42 Å². The number of nitrogens with zero attached hydrogens (tertiary/aromatic N) is 1. The van der Waals surface area contributed by atoms with E-state index in [4.69, 9.17) is 4.74 Å². The topological polar surface area (TPSA) is 84.1 Å². The van der Waals surface area contributed by atoms with E-state index in [2.05, 4.69) is 14.7 Å².